The molecule has 0 aliphatic rings. The number of nitrogens with zero attached hydrogens (tertiary/aromatic N) is 1. The Morgan fingerprint density at radius 2 is 2.11 bits per heavy atom. The molecule has 104 valence electrons. The quantitative estimate of drug-likeness (QED) is 0.759. The van der Waals surface area contributed by atoms with Crippen LogP contribution in [0.5, 0.6) is 5.75 Å². The van der Waals surface area contributed by atoms with Crippen molar-refractivity contribution < 1.29 is 14.3 Å². The lowest BCUT2D eigenvalue weighted by atomic mass is 10.1. The maximum atomic E-state index is 12.2. The first-order chi connectivity index (χ1) is 9.01. The second-order valence-corrected chi connectivity index (χ2v) is 4.04. The van der Waals surface area contributed by atoms with Gasteiger partial charge in [0, 0.05) is 13.6 Å². The van der Waals surface area contributed by atoms with E-state index in [1.165, 1.54) is 12.0 Å². The molecule has 1 rings (SSSR count). The molecule has 0 saturated carbocycles. The first kappa shape index (κ1) is 14.8. The van der Waals surface area contributed by atoms with E-state index in [-0.39, 0.29) is 24.0 Å². The number of ether oxygens (including phenoxy) is 1. The molecule has 1 aromatic rings. The van der Waals surface area contributed by atoms with Crippen LogP contribution in [0.15, 0.2) is 18.2 Å². The summed E-state index contributed by atoms with van der Waals surface area (Å²) in [4.78, 5) is 24.9. The Hall–Kier alpha value is -2.24. The zero-order valence-corrected chi connectivity index (χ0v) is 11.4. The molecule has 0 heterocycles. The Kier molecular flexibility index (Phi) is 5.17. The van der Waals surface area contributed by atoms with Gasteiger partial charge in [0.2, 0.25) is 5.91 Å². The average Bonchev–Trinajstić information content (AvgIpc) is 2.38. The van der Waals surface area contributed by atoms with Crippen LogP contribution >= 0.6 is 0 Å². The van der Waals surface area contributed by atoms with Gasteiger partial charge < -0.3 is 20.7 Å². The van der Waals surface area contributed by atoms with Gasteiger partial charge in [0.1, 0.15) is 5.75 Å². The summed E-state index contributed by atoms with van der Waals surface area (Å²) >= 11 is 0. The lowest BCUT2D eigenvalue weighted by Gasteiger charge is -2.18. The smallest absolute Gasteiger partial charge is 0.256 e. The number of nitrogen functional groups attached to an aromatic ring is 1. The number of anilines is 1. The predicted molar refractivity (Wildman–Crippen MR) is 73.1 cm³/mol. The number of benzene rings is 1. The molecule has 3 N–H and O–H groups in total. The summed E-state index contributed by atoms with van der Waals surface area (Å²) < 4.78 is 5.06. The molecule has 1 aromatic carbocycles. The summed E-state index contributed by atoms with van der Waals surface area (Å²) in [5.74, 6) is -0.0836. The minimum Gasteiger partial charge on any atom is -0.495 e. The van der Waals surface area contributed by atoms with Gasteiger partial charge in [0.25, 0.3) is 5.91 Å². The molecule has 0 radical (unpaired) electrons. The SMILES string of the molecule is CCNC(=O)CN(C)C(=O)c1cccc(OC)c1N. The van der Waals surface area contributed by atoms with Crippen LogP contribution in [-0.4, -0.2) is 44.0 Å². The molecule has 0 aliphatic heterocycles. The van der Waals surface area contributed by atoms with Crippen molar-refractivity contribution in [2.45, 2.75) is 6.92 Å². The second-order valence-electron chi connectivity index (χ2n) is 4.04. The molecule has 6 heteroatoms. The average molecular weight is 265 g/mol. The Bertz CT molecular complexity index is 474. The van der Waals surface area contributed by atoms with Gasteiger partial charge in [-0.2, -0.15) is 0 Å². The van der Waals surface area contributed by atoms with Gasteiger partial charge in [0.05, 0.1) is 24.9 Å². The van der Waals surface area contributed by atoms with Crippen LogP contribution in [0, 0.1) is 0 Å². The number of nitrogens with two attached hydrogens (primary N) is 1. The van der Waals surface area contributed by atoms with Gasteiger partial charge in [-0.1, -0.05) is 6.07 Å². The number of carbonyl (C=O) groups is 2. The first-order valence-electron chi connectivity index (χ1n) is 5.95. The zero-order chi connectivity index (χ0) is 14.4. The standard InChI is InChI=1S/C13H19N3O3/c1-4-15-11(17)8-16(2)13(18)9-6-5-7-10(19-3)12(9)14/h5-7H,4,8,14H2,1-3H3,(H,15,17). The number of rotatable bonds is 5. The highest BCUT2D eigenvalue weighted by Gasteiger charge is 2.18. The molecule has 0 atom stereocenters. The monoisotopic (exact) mass is 265 g/mol. The van der Waals surface area contributed by atoms with E-state index in [1.807, 2.05) is 6.92 Å². The summed E-state index contributed by atoms with van der Waals surface area (Å²) in [5.41, 5.74) is 6.45. The summed E-state index contributed by atoms with van der Waals surface area (Å²) in [5, 5.41) is 2.63. The number of carbonyl (C=O) groups excluding carboxylic acids is 2. The number of hydrogen-bond donors (Lipinski definition) is 2. The van der Waals surface area contributed by atoms with Crippen LogP contribution < -0.4 is 15.8 Å². The second kappa shape index (κ2) is 6.63. The van der Waals surface area contributed by atoms with Crippen LogP contribution in [0.4, 0.5) is 5.69 Å². The van der Waals surface area contributed by atoms with E-state index >= 15 is 0 Å². The number of hydrogen-bond acceptors (Lipinski definition) is 4. The molecule has 0 aromatic heterocycles. The molecule has 0 fully saturated rings. The van der Waals surface area contributed by atoms with Crippen molar-refractivity contribution in [3.05, 3.63) is 23.8 Å². The molecular weight excluding hydrogens is 246 g/mol. The fourth-order valence-electron chi connectivity index (χ4n) is 1.65. The number of likely N-dealkylation sites (N-methyl/N-ethyl adjacent to an activating group) is 2. The molecule has 0 bridgehead atoms. The van der Waals surface area contributed by atoms with Crippen molar-refractivity contribution in [3.63, 3.8) is 0 Å². The van der Waals surface area contributed by atoms with Gasteiger partial charge in [-0.3, -0.25) is 9.59 Å². The molecular formula is C13H19N3O3. The van der Waals surface area contributed by atoms with E-state index in [1.54, 1.807) is 25.2 Å². The molecule has 0 saturated heterocycles. The van der Waals surface area contributed by atoms with Crippen LogP contribution in [0.3, 0.4) is 0 Å². The van der Waals surface area contributed by atoms with E-state index in [2.05, 4.69) is 5.32 Å². The number of amides is 2. The molecule has 0 spiro atoms. The Morgan fingerprint density at radius 1 is 1.42 bits per heavy atom. The Balaban J connectivity index is 2.85. The van der Waals surface area contributed by atoms with Gasteiger partial charge in [-0.25, -0.2) is 0 Å². The third-order valence-electron chi connectivity index (χ3n) is 2.62. The fourth-order valence-corrected chi connectivity index (χ4v) is 1.65. The lowest BCUT2D eigenvalue weighted by Crippen LogP contribution is -2.38. The van der Waals surface area contributed by atoms with Crippen molar-refractivity contribution in [3.8, 4) is 5.75 Å². The number of para-hydroxylation sites is 1. The highest BCUT2D eigenvalue weighted by Crippen LogP contribution is 2.25. The third kappa shape index (κ3) is 3.61. The topological polar surface area (TPSA) is 84.7 Å². The van der Waals surface area contributed by atoms with Crippen molar-refractivity contribution in [2.75, 3.05) is 33.0 Å². The van der Waals surface area contributed by atoms with Gasteiger partial charge >= 0.3 is 0 Å². The van der Waals surface area contributed by atoms with Crippen molar-refractivity contribution >= 4 is 17.5 Å². The number of methoxy groups -OCH3 is 1. The third-order valence-corrected chi connectivity index (χ3v) is 2.62. The fraction of sp³-hybridized carbons (Fsp3) is 0.385. The van der Waals surface area contributed by atoms with Crippen LogP contribution in [0.2, 0.25) is 0 Å². The summed E-state index contributed by atoms with van der Waals surface area (Å²) in [6, 6.07) is 4.96. The summed E-state index contributed by atoms with van der Waals surface area (Å²) in [6.07, 6.45) is 0. The normalized spacial score (nSPS) is 9.84. The van der Waals surface area contributed by atoms with Crippen molar-refractivity contribution in [1.82, 2.24) is 10.2 Å². The zero-order valence-electron chi connectivity index (χ0n) is 11.4. The van der Waals surface area contributed by atoms with E-state index in [0.29, 0.717) is 17.9 Å². The van der Waals surface area contributed by atoms with Crippen LogP contribution in [-0.2, 0) is 4.79 Å². The van der Waals surface area contributed by atoms with Gasteiger partial charge in [-0.15, -0.1) is 0 Å². The van der Waals surface area contributed by atoms with E-state index in [4.69, 9.17) is 10.5 Å². The maximum Gasteiger partial charge on any atom is 0.256 e. The molecule has 2 amide bonds. The first-order valence-corrected chi connectivity index (χ1v) is 5.95. The molecule has 19 heavy (non-hydrogen) atoms. The minimum absolute atomic E-state index is 0.0106. The molecule has 6 nitrogen and oxygen atoms in total. The van der Waals surface area contributed by atoms with E-state index < -0.39 is 0 Å². The molecule has 0 unspecified atom stereocenters. The highest BCUT2D eigenvalue weighted by atomic mass is 16.5. The van der Waals surface area contributed by atoms with Crippen molar-refractivity contribution in [1.29, 1.82) is 0 Å². The van der Waals surface area contributed by atoms with Crippen LogP contribution in [0.1, 0.15) is 17.3 Å². The highest BCUT2D eigenvalue weighted by molar-refractivity contribution is 6.01. The summed E-state index contributed by atoms with van der Waals surface area (Å²) in [6.45, 7) is 2.34. The molecule has 0 aliphatic carbocycles. The maximum absolute atomic E-state index is 12.2. The largest absolute Gasteiger partial charge is 0.495 e. The number of nitrogens with one attached hydrogen (secondary N) is 1. The van der Waals surface area contributed by atoms with E-state index in [9.17, 15) is 9.59 Å². The Labute approximate surface area is 112 Å². The summed E-state index contributed by atoms with van der Waals surface area (Å²) in [7, 11) is 3.04. The Morgan fingerprint density at radius 3 is 2.68 bits per heavy atom. The van der Waals surface area contributed by atoms with Crippen molar-refractivity contribution in [2.24, 2.45) is 0 Å². The van der Waals surface area contributed by atoms with Gasteiger partial charge in [-0.05, 0) is 19.1 Å². The van der Waals surface area contributed by atoms with Gasteiger partial charge in [0.15, 0.2) is 0 Å². The van der Waals surface area contributed by atoms with E-state index in [0.717, 1.165) is 0 Å². The lowest BCUT2D eigenvalue weighted by molar-refractivity contribution is -0.121. The minimum atomic E-state index is -0.317. The van der Waals surface area contributed by atoms with Crippen LogP contribution in [0.25, 0.3) is 0 Å². The predicted octanol–water partition coefficient (Wildman–Crippen LogP) is 0.485.